The summed E-state index contributed by atoms with van der Waals surface area (Å²) in [5.41, 5.74) is 3.81. The van der Waals surface area contributed by atoms with Crippen molar-refractivity contribution in [3.8, 4) is 0 Å². The van der Waals surface area contributed by atoms with Gasteiger partial charge in [0, 0.05) is 0 Å². The van der Waals surface area contributed by atoms with Gasteiger partial charge in [-0.25, -0.2) is 18.6 Å². The van der Waals surface area contributed by atoms with Crippen LogP contribution in [0.15, 0.2) is 39.1 Å². The minimum Gasteiger partial charge on any atom is -0.288 e. The molecule has 0 unspecified atom stereocenters. The van der Waals surface area contributed by atoms with Crippen LogP contribution in [-0.2, 0) is 10.0 Å². The van der Waals surface area contributed by atoms with Gasteiger partial charge in [-0.15, -0.1) is 10.2 Å². The van der Waals surface area contributed by atoms with Crippen LogP contribution in [0.5, 0.6) is 0 Å². The third kappa shape index (κ3) is 3.99. The van der Waals surface area contributed by atoms with Crippen molar-refractivity contribution in [1.82, 2.24) is 19.9 Å². The Morgan fingerprint density at radius 2 is 1.87 bits per heavy atom. The van der Waals surface area contributed by atoms with Gasteiger partial charge >= 0.3 is 0 Å². The second-order valence-electron chi connectivity index (χ2n) is 4.63. The summed E-state index contributed by atoms with van der Waals surface area (Å²) >= 11 is 0. The summed E-state index contributed by atoms with van der Waals surface area (Å²) in [6.45, 7) is 3.28. The lowest BCUT2D eigenvalue weighted by Gasteiger charge is -2.05. The molecule has 1 aromatic carbocycles. The first-order chi connectivity index (χ1) is 10.8. The number of aryl methyl sites for hydroxylation is 1. The maximum absolute atomic E-state index is 11.6. The molecule has 0 bridgehead atoms. The van der Waals surface area contributed by atoms with Gasteiger partial charge in [-0.1, -0.05) is 12.1 Å². The van der Waals surface area contributed by atoms with Crippen molar-refractivity contribution in [1.29, 1.82) is 0 Å². The molecule has 0 saturated carbocycles. The van der Waals surface area contributed by atoms with Crippen molar-refractivity contribution in [2.45, 2.75) is 18.7 Å². The Morgan fingerprint density at radius 1 is 1.22 bits per heavy atom. The molecule has 1 heterocycles. The number of hydrazone groups is 1. The predicted octanol–water partition coefficient (Wildman–Crippen LogP) is 0.218. The van der Waals surface area contributed by atoms with Crippen LogP contribution in [0.4, 0.5) is 5.95 Å². The van der Waals surface area contributed by atoms with E-state index in [1.165, 1.54) is 19.2 Å². The lowest BCUT2D eigenvalue weighted by atomic mass is 10.1. The second-order valence-corrected chi connectivity index (χ2v) is 6.52. The largest absolute Gasteiger partial charge is 0.288 e. The number of benzene rings is 1. The van der Waals surface area contributed by atoms with Crippen molar-refractivity contribution >= 4 is 21.7 Å². The molecular weight excluding hydrogens is 320 g/mol. The van der Waals surface area contributed by atoms with Crippen LogP contribution >= 0.6 is 0 Å². The van der Waals surface area contributed by atoms with E-state index in [2.05, 4.69) is 30.4 Å². The molecule has 2 rings (SSSR count). The van der Waals surface area contributed by atoms with Gasteiger partial charge in [0.05, 0.1) is 10.6 Å². The number of aromatic nitrogens is 3. The van der Waals surface area contributed by atoms with Crippen molar-refractivity contribution in [3.63, 3.8) is 0 Å². The van der Waals surface area contributed by atoms with Crippen LogP contribution in [0.2, 0.25) is 0 Å². The molecule has 0 aliphatic rings. The molecule has 0 atom stereocenters. The van der Waals surface area contributed by atoms with E-state index >= 15 is 0 Å². The summed E-state index contributed by atoms with van der Waals surface area (Å²) in [6.07, 6.45) is 0. The highest BCUT2D eigenvalue weighted by Gasteiger charge is 2.10. The summed E-state index contributed by atoms with van der Waals surface area (Å²) in [7, 11) is -2.12. The van der Waals surface area contributed by atoms with Crippen LogP contribution in [0.3, 0.4) is 0 Å². The van der Waals surface area contributed by atoms with Crippen LogP contribution in [0.25, 0.3) is 0 Å². The van der Waals surface area contributed by atoms with Gasteiger partial charge in [-0.2, -0.15) is 5.10 Å². The van der Waals surface area contributed by atoms with Crippen molar-refractivity contribution in [2.75, 3.05) is 12.5 Å². The van der Waals surface area contributed by atoms with E-state index in [1.807, 2.05) is 0 Å². The van der Waals surface area contributed by atoms with Gasteiger partial charge in [0.25, 0.3) is 5.56 Å². The summed E-state index contributed by atoms with van der Waals surface area (Å²) in [6, 6.07) is 6.23. The number of sulfonamides is 1. The number of H-pyrrole nitrogens is 1. The van der Waals surface area contributed by atoms with Crippen molar-refractivity contribution in [2.24, 2.45) is 5.10 Å². The Kier molecular flexibility index (Phi) is 4.86. The molecule has 0 radical (unpaired) electrons. The molecule has 0 aliphatic carbocycles. The highest BCUT2D eigenvalue weighted by atomic mass is 32.2. The van der Waals surface area contributed by atoms with Crippen LogP contribution in [-0.4, -0.2) is 36.4 Å². The fourth-order valence-corrected chi connectivity index (χ4v) is 2.37. The molecule has 2 aromatic rings. The number of hydrogen-bond acceptors (Lipinski definition) is 7. The van der Waals surface area contributed by atoms with Crippen molar-refractivity contribution < 1.29 is 8.42 Å². The highest BCUT2D eigenvalue weighted by Crippen LogP contribution is 2.11. The zero-order chi connectivity index (χ0) is 17.0. The molecule has 23 heavy (non-hydrogen) atoms. The van der Waals surface area contributed by atoms with E-state index in [9.17, 15) is 13.2 Å². The quantitative estimate of drug-likeness (QED) is 0.529. The Labute approximate surface area is 132 Å². The Bertz CT molecular complexity index is 887. The Hall–Kier alpha value is -2.59. The van der Waals surface area contributed by atoms with Crippen LogP contribution in [0.1, 0.15) is 18.2 Å². The molecule has 0 amide bonds. The third-order valence-electron chi connectivity index (χ3n) is 3.04. The number of anilines is 1. The van der Waals surface area contributed by atoms with E-state index in [0.717, 1.165) is 5.56 Å². The lowest BCUT2D eigenvalue weighted by molar-refractivity contribution is 0.588. The number of rotatable bonds is 5. The zero-order valence-corrected chi connectivity index (χ0v) is 13.6. The minimum atomic E-state index is -3.47. The monoisotopic (exact) mass is 336 g/mol. The van der Waals surface area contributed by atoms with E-state index < -0.39 is 10.0 Å². The molecule has 9 nitrogen and oxygen atoms in total. The average molecular weight is 336 g/mol. The summed E-state index contributed by atoms with van der Waals surface area (Å²) in [5.74, 6) is 0.120. The molecule has 122 valence electrons. The van der Waals surface area contributed by atoms with Gasteiger partial charge in [-0.3, -0.25) is 9.78 Å². The summed E-state index contributed by atoms with van der Waals surface area (Å²) in [4.78, 5) is 14.1. The maximum Gasteiger partial charge on any atom is 0.274 e. The molecule has 10 heteroatoms. The first kappa shape index (κ1) is 16.8. The van der Waals surface area contributed by atoms with E-state index in [0.29, 0.717) is 5.71 Å². The van der Waals surface area contributed by atoms with E-state index in [1.54, 1.807) is 26.0 Å². The lowest BCUT2D eigenvalue weighted by Crippen LogP contribution is -2.18. The first-order valence-electron chi connectivity index (χ1n) is 6.61. The maximum atomic E-state index is 11.6. The van der Waals surface area contributed by atoms with E-state index in [-0.39, 0.29) is 22.1 Å². The summed E-state index contributed by atoms with van der Waals surface area (Å²) in [5, 5.41) is 11.5. The van der Waals surface area contributed by atoms with Gasteiger partial charge in [0.15, 0.2) is 0 Å². The van der Waals surface area contributed by atoms with Gasteiger partial charge in [-0.05, 0) is 38.6 Å². The SMILES string of the molecule is CNS(=O)(=O)c1ccc(/C(C)=N\Nc2nnc(C)c(=O)[nH]2)cc1. The third-order valence-corrected chi connectivity index (χ3v) is 4.47. The molecule has 0 fully saturated rings. The van der Waals surface area contributed by atoms with Crippen LogP contribution < -0.4 is 15.7 Å². The topological polar surface area (TPSA) is 129 Å². The van der Waals surface area contributed by atoms with Crippen molar-refractivity contribution in [3.05, 3.63) is 45.9 Å². The van der Waals surface area contributed by atoms with Gasteiger partial charge in [0.2, 0.25) is 16.0 Å². The van der Waals surface area contributed by atoms with E-state index in [4.69, 9.17) is 0 Å². The number of nitrogens with zero attached hydrogens (tertiary/aromatic N) is 3. The Balaban J connectivity index is 2.18. The molecule has 0 spiro atoms. The van der Waals surface area contributed by atoms with Gasteiger partial charge in [0.1, 0.15) is 5.69 Å². The molecule has 1 aromatic heterocycles. The Morgan fingerprint density at radius 3 is 2.43 bits per heavy atom. The number of aromatic amines is 1. The highest BCUT2D eigenvalue weighted by molar-refractivity contribution is 7.89. The fourth-order valence-electron chi connectivity index (χ4n) is 1.64. The zero-order valence-electron chi connectivity index (χ0n) is 12.8. The number of hydrogen-bond donors (Lipinski definition) is 3. The minimum absolute atomic E-state index is 0.120. The normalized spacial score (nSPS) is 12.2. The smallest absolute Gasteiger partial charge is 0.274 e. The predicted molar refractivity (Wildman–Crippen MR) is 85.9 cm³/mol. The summed E-state index contributed by atoms with van der Waals surface area (Å²) < 4.78 is 25.5. The molecular formula is C13H16N6O3S. The standard InChI is InChI=1S/C13H16N6O3S/c1-8(16-18-13-15-12(20)9(2)17-19-13)10-4-6-11(7-5-10)23(21,22)14-3/h4-7,14H,1-3H3,(H2,15,18,19,20)/b16-8-. The molecule has 0 saturated heterocycles. The molecule has 3 N–H and O–H groups in total. The average Bonchev–Trinajstić information content (AvgIpc) is 2.55. The first-order valence-corrected chi connectivity index (χ1v) is 8.09. The second kappa shape index (κ2) is 6.67. The van der Waals surface area contributed by atoms with Gasteiger partial charge < -0.3 is 0 Å². The number of nitrogens with one attached hydrogen (secondary N) is 3. The van der Waals surface area contributed by atoms with Crippen LogP contribution in [0, 0.1) is 6.92 Å². The molecule has 0 aliphatic heterocycles. The fraction of sp³-hybridized carbons (Fsp3) is 0.231.